The summed E-state index contributed by atoms with van der Waals surface area (Å²) < 4.78 is 5.32. The van der Waals surface area contributed by atoms with Gasteiger partial charge in [-0.25, -0.2) is 4.79 Å². The minimum absolute atomic E-state index is 0.504. The predicted molar refractivity (Wildman–Crippen MR) is 97.9 cm³/mol. The lowest BCUT2D eigenvalue weighted by Crippen LogP contribution is -2.16. The van der Waals surface area contributed by atoms with Crippen molar-refractivity contribution in [3.05, 3.63) is 66.7 Å². The van der Waals surface area contributed by atoms with E-state index in [-0.39, 0.29) is 0 Å². The van der Waals surface area contributed by atoms with Crippen molar-refractivity contribution in [3.63, 3.8) is 0 Å². The van der Waals surface area contributed by atoms with Crippen molar-refractivity contribution < 1.29 is 9.53 Å². The van der Waals surface area contributed by atoms with Gasteiger partial charge in [0.25, 0.3) is 0 Å². The minimum atomic E-state index is -0.797. The zero-order chi connectivity index (χ0) is 16.3. The van der Waals surface area contributed by atoms with E-state index in [4.69, 9.17) is 10.5 Å². The first-order valence-electron chi connectivity index (χ1n) is 7.79. The third kappa shape index (κ3) is 1.64. The molecule has 0 atom stereocenters. The van der Waals surface area contributed by atoms with Gasteiger partial charge in [-0.1, -0.05) is 60.7 Å². The number of carbonyl (C=O) groups is 1. The molecule has 3 heteroatoms. The number of amides is 1. The number of carbonyl (C=O) groups excluding carboxylic acids is 1. The number of fused-ring (bicyclic) bond motifs is 3. The lowest BCUT2D eigenvalue weighted by atomic mass is 9.89. The summed E-state index contributed by atoms with van der Waals surface area (Å²) in [7, 11) is 0. The summed E-state index contributed by atoms with van der Waals surface area (Å²) in [6, 6.07) is 22.6. The number of hydrogen-bond donors (Lipinski definition) is 1. The average Bonchev–Trinajstić information content (AvgIpc) is 2.60. The number of hydrogen-bond acceptors (Lipinski definition) is 2. The van der Waals surface area contributed by atoms with E-state index in [1.807, 2.05) is 24.3 Å². The Bertz CT molecular complexity index is 1260. The largest absolute Gasteiger partial charge is 0.410 e. The number of nitrogens with two attached hydrogens (primary N) is 1. The van der Waals surface area contributed by atoms with E-state index in [1.54, 1.807) is 0 Å². The molecule has 3 nitrogen and oxygen atoms in total. The Labute approximate surface area is 137 Å². The molecular weight excluding hydrogens is 298 g/mol. The maximum absolute atomic E-state index is 11.4. The van der Waals surface area contributed by atoms with Crippen LogP contribution in [0.25, 0.3) is 43.1 Å². The van der Waals surface area contributed by atoms with Crippen molar-refractivity contribution in [2.45, 2.75) is 0 Å². The standard InChI is InChI=1S/C21H13NO2/c22-21(23)24-17-11-10-13-9-8-12-4-3-7-15-14-5-1-2-6-16(14)20(17)19(13)18(12)15/h1-11H,(H2,22,23). The van der Waals surface area contributed by atoms with Gasteiger partial charge < -0.3 is 10.5 Å². The van der Waals surface area contributed by atoms with Crippen molar-refractivity contribution >= 4 is 49.2 Å². The summed E-state index contributed by atoms with van der Waals surface area (Å²) >= 11 is 0. The van der Waals surface area contributed by atoms with Crippen molar-refractivity contribution in [1.82, 2.24) is 0 Å². The molecule has 0 aliphatic carbocycles. The number of primary amides is 1. The molecule has 5 rings (SSSR count). The van der Waals surface area contributed by atoms with E-state index >= 15 is 0 Å². The lowest BCUT2D eigenvalue weighted by Gasteiger charge is -2.16. The van der Waals surface area contributed by atoms with E-state index in [9.17, 15) is 4.79 Å². The normalized spacial score (nSPS) is 11.7. The Morgan fingerprint density at radius 1 is 0.667 bits per heavy atom. The van der Waals surface area contributed by atoms with Gasteiger partial charge in [0.05, 0.1) is 0 Å². The highest BCUT2D eigenvalue weighted by Crippen LogP contribution is 2.44. The number of benzene rings is 5. The summed E-state index contributed by atoms with van der Waals surface area (Å²) in [4.78, 5) is 11.4. The van der Waals surface area contributed by atoms with Crippen LogP contribution in [0.2, 0.25) is 0 Å². The summed E-state index contributed by atoms with van der Waals surface area (Å²) in [5.41, 5.74) is 5.28. The molecule has 0 aliphatic heterocycles. The van der Waals surface area contributed by atoms with Crippen LogP contribution in [0.5, 0.6) is 5.75 Å². The van der Waals surface area contributed by atoms with E-state index < -0.39 is 6.09 Å². The van der Waals surface area contributed by atoms with Gasteiger partial charge in [0, 0.05) is 10.8 Å². The van der Waals surface area contributed by atoms with Gasteiger partial charge in [0.1, 0.15) is 5.75 Å². The highest BCUT2D eigenvalue weighted by molar-refractivity contribution is 6.34. The lowest BCUT2D eigenvalue weighted by molar-refractivity contribution is 0.211. The smallest absolute Gasteiger partial charge is 0.409 e. The fourth-order valence-corrected chi connectivity index (χ4v) is 3.80. The molecule has 5 aromatic rings. The van der Waals surface area contributed by atoms with Crippen LogP contribution in [0.3, 0.4) is 0 Å². The number of rotatable bonds is 1. The summed E-state index contributed by atoms with van der Waals surface area (Å²) in [6.07, 6.45) is -0.797. The molecule has 5 aromatic carbocycles. The monoisotopic (exact) mass is 311 g/mol. The van der Waals surface area contributed by atoms with Crippen LogP contribution in [0.4, 0.5) is 4.79 Å². The maximum Gasteiger partial charge on any atom is 0.409 e. The highest BCUT2D eigenvalue weighted by atomic mass is 16.5. The third-order valence-corrected chi connectivity index (χ3v) is 4.69. The Kier molecular flexibility index (Phi) is 2.51. The van der Waals surface area contributed by atoms with Crippen LogP contribution in [-0.2, 0) is 0 Å². The fourth-order valence-electron chi connectivity index (χ4n) is 3.80. The van der Waals surface area contributed by atoms with E-state index in [0.717, 1.165) is 26.9 Å². The fraction of sp³-hybridized carbons (Fsp3) is 0. The van der Waals surface area contributed by atoms with Crippen LogP contribution >= 0.6 is 0 Å². The first-order valence-corrected chi connectivity index (χ1v) is 7.79. The van der Waals surface area contributed by atoms with Gasteiger partial charge in [-0.15, -0.1) is 0 Å². The summed E-state index contributed by atoms with van der Waals surface area (Å²) in [6.45, 7) is 0. The Balaban J connectivity index is 2.17. The maximum atomic E-state index is 11.4. The molecule has 1 amide bonds. The van der Waals surface area contributed by atoms with E-state index in [0.29, 0.717) is 5.75 Å². The third-order valence-electron chi connectivity index (χ3n) is 4.69. The van der Waals surface area contributed by atoms with Crippen molar-refractivity contribution in [2.75, 3.05) is 0 Å². The average molecular weight is 311 g/mol. The molecule has 0 spiro atoms. The topological polar surface area (TPSA) is 52.3 Å². The van der Waals surface area contributed by atoms with Crippen LogP contribution in [0.15, 0.2) is 66.7 Å². The zero-order valence-electron chi connectivity index (χ0n) is 12.7. The molecule has 0 saturated heterocycles. The van der Waals surface area contributed by atoms with Crippen molar-refractivity contribution in [3.8, 4) is 5.75 Å². The second-order valence-corrected chi connectivity index (χ2v) is 5.97. The van der Waals surface area contributed by atoms with Crippen LogP contribution in [0.1, 0.15) is 0 Å². The van der Waals surface area contributed by atoms with Crippen molar-refractivity contribution in [1.29, 1.82) is 0 Å². The summed E-state index contributed by atoms with van der Waals surface area (Å²) in [5.74, 6) is 0.504. The van der Waals surface area contributed by atoms with Gasteiger partial charge in [0.15, 0.2) is 0 Å². The molecule has 0 saturated carbocycles. The second-order valence-electron chi connectivity index (χ2n) is 5.97. The Morgan fingerprint density at radius 2 is 1.29 bits per heavy atom. The van der Waals surface area contributed by atoms with E-state index in [2.05, 4.69) is 42.5 Å². The molecule has 0 fully saturated rings. The number of ether oxygens (including phenoxy) is 1. The van der Waals surface area contributed by atoms with Crippen LogP contribution < -0.4 is 10.5 Å². The summed E-state index contributed by atoms with van der Waals surface area (Å²) in [5, 5.41) is 8.94. The highest BCUT2D eigenvalue weighted by Gasteiger charge is 2.16. The molecule has 0 aliphatic rings. The SMILES string of the molecule is NC(=O)Oc1ccc2ccc3cccc4c5ccccc5c1c2c34. The molecule has 0 bridgehead atoms. The molecule has 114 valence electrons. The molecule has 0 heterocycles. The van der Waals surface area contributed by atoms with Crippen LogP contribution in [-0.4, -0.2) is 6.09 Å². The first-order chi connectivity index (χ1) is 11.7. The molecule has 0 aromatic heterocycles. The molecule has 2 N–H and O–H groups in total. The Hall–Kier alpha value is -3.33. The van der Waals surface area contributed by atoms with Crippen LogP contribution in [0, 0.1) is 0 Å². The van der Waals surface area contributed by atoms with Gasteiger partial charge >= 0.3 is 6.09 Å². The molecule has 0 radical (unpaired) electrons. The zero-order valence-corrected chi connectivity index (χ0v) is 12.7. The predicted octanol–water partition coefficient (Wildman–Crippen LogP) is 5.19. The Morgan fingerprint density at radius 3 is 2.08 bits per heavy atom. The van der Waals surface area contributed by atoms with Gasteiger partial charge in [0.2, 0.25) is 0 Å². The van der Waals surface area contributed by atoms with Gasteiger partial charge in [-0.05, 0) is 38.4 Å². The molecule has 0 unspecified atom stereocenters. The van der Waals surface area contributed by atoms with E-state index in [1.165, 1.54) is 16.2 Å². The minimum Gasteiger partial charge on any atom is -0.410 e. The second kappa shape index (κ2) is 4.59. The first kappa shape index (κ1) is 13.1. The van der Waals surface area contributed by atoms with Crippen molar-refractivity contribution in [2.24, 2.45) is 5.73 Å². The van der Waals surface area contributed by atoms with Gasteiger partial charge in [-0.3, -0.25) is 0 Å². The molecule has 24 heavy (non-hydrogen) atoms. The molecular formula is C21H13NO2. The van der Waals surface area contributed by atoms with Gasteiger partial charge in [-0.2, -0.15) is 0 Å². The quantitative estimate of drug-likeness (QED) is 0.342.